The number of rotatable bonds is 10. The summed E-state index contributed by atoms with van der Waals surface area (Å²) in [6.45, 7) is 0.638. The van der Waals surface area contributed by atoms with Crippen molar-refractivity contribution in [2.24, 2.45) is 0 Å². The minimum atomic E-state index is -1.03. The number of benzene rings is 2. The van der Waals surface area contributed by atoms with Crippen molar-refractivity contribution in [1.82, 2.24) is 20.5 Å². The van der Waals surface area contributed by atoms with Crippen LogP contribution in [0.4, 0.5) is 14.6 Å². The molecule has 2 aromatic carbocycles. The second kappa shape index (κ2) is 12.2. The molecule has 35 heavy (non-hydrogen) atoms. The van der Waals surface area contributed by atoms with Gasteiger partial charge in [0.25, 0.3) is 0 Å². The maximum Gasteiger partial charge on any atom is 0.243 e. The molecule has 7 nitrogen and oxygen atoms in total. The molecule has 1 heterocycles. The number of likely N-dealkylation sites (N-methyl/N-ethyl adjacent to an activating group) is 1. The summed E-state index contributed by atoms with van der Waals surface area (Å²) in [5.41, 5.74) is 7.59. The molecule has 0 aliphatic heterocycles. The van der Waals surface area contributed by atoms with E-state index in [0.29, 0.717) is 28.5 Å². The highest BCUT2D eigenvalue weighted by Crippen LogP contribution is 2.13. The van der Waals surface area contributed by atoms with Crippen LogP contribution >= 0.6 is 11.6 Å². The molecule has 3 rings (SSSR count). The standard InChI is InChI=1S/C25H26ClF2N5O2/c1-33(14-17-3-2-4-19(26)9-17)15-24(34)32-22(11-16-5-7-20(27)21(28)10-16)25(35)31-13-18-6-8-23(29)30-12-18/h2-10,12,22H,11,13-15H2,1H3,(H2,29,30)(H,31,35)(H,32,34)/t22-/m0/s1. The van der Waals surface area contributed by atoms with Gasteiger partial charge in [-0.05, 0) is 54.1 Å². The van der Waals surface area contributed by atoms with Crippen LogP contribution in [-0.4, -0.2) is 41.3 Å². The Balaban J connectivity index is 1.65. The molecule has 4 N–H and O–H groups in total. The number of nitrogens with one attached hydrogen (secondary N) is 2. The van der Waals surface area contributed by atoms with Gasteiger partial charge in [0, 0.05) is 30.7 Å². The number of nitrogens with zero attached hydrogens (tertiary/aromatic N) is 2. The second-order valence-electron chi connectivity index (χ2n) is 8.18. The van der Waals surface area contributed by atoms with Crippen LogP contribution in [0.5, 0.6) is 0 Å². The van der Waals surface area contributed by atoms with Crippen LogP contribution in [0.1, 0.15) is 16.7 Å². The third kappa shape index (κ3) is 8.31. The van der Waals surface area contributed by atoms with Crippen molar-refractivity contribution in [2.45, 2.75) is 25.6 Å². The van der Waals surface area contributed by atoms with Gasteiger partial charge in [-0.1, -0.05) is 35.9 Å². The summed E-state index contributed by atoms with van der Waals surface area (Å²) in [4.78, 5) is 31.4. The average Bonchev–Trinajstić information content (AvgIpc) is 2.80. The first kappa shape index (κ1) is 26.1. The van der Waals surface area contributed by atoms with E-state index in [2.05, 4.69) is 15.6 Å². The smallest absolute Gasteiger partial charge is 0.243 e. The first-order valence-corrected chi connectivity index (χ1v) is 11.2. The summed E-state index contributed by atoms with van der Waals surface area (Å²) in [5, 5.41) is 6.04. The van der Waals surface area contributed by atoms with Crippen LogP contribution in [0.25, 0.3) is 0 Å². The molecular formula is C25H26ClF2N5O2. The minimum Gasteiger partial charge on any atom is -0.384 e. The third-order valence-corrected chi connectivity index (χ3v) is 5.38. The van der Waals surface area contributed by atoms with Gasteiger partial charge in [0.05, 0.1) is 6.54 Å². The molecule has 0 spiro atoms. The van der Waals surface area contributed by atoms with Crippen LogP contribution in [0.15, 0.2) is 60.8 Å². The van der Waals surface area contributed by atoms with Crippen LogP contribution in [-0.2, 0) is 29.1 Å². The number of hydrogen-bond donors (Lipinski definition) is 3. The van der Waals surface area contributed by atoms with Crippen LogP contribution in [0.2, 0.25) is 5.02 Å². The Morgan fingerprint density at radius 1 is 1.06 bits per heavy atom. The lowest BCUT2D eigenvalue weighted by atomic mass is 10.0. The molecule has 1 atom stereocenters. The molecule has 0 aliphatic rings. The van der Waals surface area contributed by atoms with E-state index in [9.17, 15) is 18.4 Å². The quantitative estimate of drug-likeness (QED) is 0.396. The van der Waals surface area contributed by atoms with Crippen LogP contribution in [0, 0.1) is 11.6 Å². The number of halogens is 3. The molecule has 0 unspecified atom stereocenters. The van der Waals surface area contributed by atoms with Gasteiger partial charge < -0.3 is 16.4 Å². The lowest BCUT2D eigenvalue weighted by Crippen LogP contribution is -2.50. The van der Waals surface area contributed by atoms with Gasteiger partial charge in [0.15, 0.2) is 11.6 Å². The number of carbonyl (C=O) groups is 2. The van der Waals surface area contributed by atoms with Gasteiger partial charge in [0.2, 0.25) is 11.8 Å². The van der Waals surface area contributed by atoms with E-state index in [4.69, 9.17) is 17.3 Å². The SMILES string of the molecule is CN(CC(=O)N[C@@H](Cc1ccc(F)c(F)c1)C(=O)NCc1ccc(N)nc1)Cc1cccc(Cl)c1. The molecular weight excluding hydrogens is 476 g/mol. The summed E-state index contributed by atoms with van der Waals surface area (Å²) >= 11 is 6.01. The number of nitrogens with two attached hydrogens (primary N) is 1. The van der Waals surface area contributed by atoms with E-state index in [1.165, 1.54) is 12.3 Å². The lowest BCUT2D eigenvalue weighted by molar-refractivity contribution is -0.129. The summed E-state index contributed by atoms with van der Waals surface area (Å²) in [7, 11) is 1.76. The molecule has 0 aliphatic carbocycles. The van der Waals surface area contributed by atoms with Crippen LogP contribution < -0.4 is 16.4 Å². The molecule has 0 fully saturated rings. The van der Waals surface area contributed by atoms with Crippen molar-refractivity contribution in [1.29, 1.82) is 0 Å². The van der Waals surface area contributed by atoms with Gasteiger partial charge in [-0.15, -0.1) is 0 Å². The van der Waals surface area contributed by atoms with Crippen LogP contribution in [0.3, 0.4) is 0 Å². The van der Waals surface area contributed by atoms with Crippen molar-refractivity contribution in [3.05, 3.63) is 94.1 Å². The van der Waals surface area contributed by atoms with E-state index in [-0.39, 0.29) is 19.5 Å². The fourth-order valence-corrected chi connectivity index (χ4v) is 3.67. The molecule has 2 amide bonds. The number of anilines is 1. The summed E-state index contributed by atoms with van der Waals surface area (Å²) in [5.74, 6) is -2.53. The molecule has 0 saturated heterocycles. The van der Waals surface area contributed by atoms with Crippen molar-refractivity contribution in [3.63, 3.8) is 0 Å². The van der Waals surface area contributed by atoms with E-state index >= 15 is 0 Å². The second-order valence-corrected chi connectivity index (χ2v) is 8.62. The van der Waals surface area contributed by atoms with E-state index in [0.717, 1.165) is 17.7 Å². The van der Waals surface area contributed by atoms with Crippen molar-refractivity contribution >= 4 is 29.2 Å². The number of aromatic nitrogens is 1. The average molecular weight is 502 g/mol. The van der Waals surface area contributed by atoms with Gasteiger partial charge in [-0.2, -0.15) is 0 Å². The van der Waals surface area contributed by atoms with Gasteiger partial charge >= 0.3 is 0 Å². The van der Waals surface area contributed by atoms with Gasteiger partial charge in [0.1, 0.15) is 11.9 Å². The Labute approximate surface area is 207 Å². The fraction of sp³-hybridized carbons (Fsp3) is 0.240. The zero-order valence-corrected chi connectivity index (χ0v) is 19.9. The largest absolute Gasteiger partial charge is 0.384 e. The zero-order valence-electron chi connectivity index (χ0n) is 19.1. The maximum atomic E-state index is 13.7. The van der Waals surface area contributed by atoms with Gasteiger partial charge in [-0.25, -0.2) is 13.8 Å². The van der Waals surface area contributed by atoms with Crippen molar-refractivity contribution in [2.75, 3.05) is 19.3 Å². The lowest BCUT2D eigenvalue weighted by Gasteiger charge is -2.21. The highest BCUT2D eigenvalue weighted by molar-refractivity contribution is 6.30. The molecule has 10 heteroatoms. The molecule has 0 saturated carbocycles. The Bertz CT molecular complexity index is 1180. The summed E-state index contributed by atoms with van der Waals surface area (Å²) in [6, 6.07) is 13.0. The Kier molecular flexibility index (Phi) is 9.11. The Morgan fingerprint density at radius 3 is 2.51 bits per heavy atom. The molecule has 1 aromatic heterocycles. The highest BCUT2D eigenvalue weighted by Gasteiger charge is 2.22. The number of hydrogen-bond acceptors (Lipinski definition) is 5. The van der Waals surface area contributed by atoms with Gasteiger partial charge in [-0.3, -0.25) is 14.5 Å². The third-order valence-electron chi connectivity index (χ3n) is 5.14. The molecule has 0 radical (unpaired) electrons. The first-order valence-electron chi connectivity index (χ1n) is 10.8. The fourth-order valence-electron chi connectivity index (χ4n) is 3.45. The predicted molar refractivity (Wildman–Crippen MR) is 130 cm³/mol. The molecule has 184 valence electrons. The minimum absolute atomic E-state index is 0.00988. The van der Waals surface area contributed by atoms with Crippen molar-refractivity contribution in [3.8, 4) is 0 Å². The van der Waals surface area contributed by atoms with Crippen molar-refractivity contribution < 1.29 is 18.4 Å². The van der Waals surface area contributed by atoms with E-state index < -0.39 is 29.5 Å². The number of carbonyl (C=O) groups excluding carboxylic acids is 2. The molecule has 0 bridgehead atoms. The number of nitrogen functional groups attached to an aromatic ring is 1. The monoisotopic (exact) mass is 501 g/mol. The maximum absolute atomic E-state index is 13.7. The van der Waals surface area contributed by atoms with E-state index in [1.54, 1.807) is 36.2 Å². The zero-order chi connectivity index (χ0) is 25.4. The normalized spacial score (nSPS) is 11.8. The first-order chi connectivity index (χ1) is 16.7. The number of amides is 2. The summed E-state index contributed by atoms with van der Waals surface area (Å²) < 4.78 is 27.0. The Hall–Kier alpha value is -3.56. The topological polar surface area (TPSA) is 100 Å². The van der Waals surface area contributed by atoms with E-state index in [1.807, 2.05) is 12.1 Å². The summed E-state index contributed by atoms with van der Waals surface area (Å²) in [6.07, 6.45) is 1.51. The molecule has 3 aromatic rings. The Morgan fingerprint density at radius 2 is 1.83 bits per heavy atom. The highest BCUT2D eigenvalue weighted by atomic mass is 35.5. The predicted octanol–water partition coefficient (Wildman–Crippen LogP) is 3.07. The number of pyridine rings is 1.